The van der Waals surface area contributed by atoms with Gasteiger partial charge in [-0.15, -0.1) is 0 Å². The molecule has 0 aliphatic carbocycles. The molecule has 3 aromatic heterocycles. The monoisotopic (exact) mass is 404 g/mol. The van der Waals surface area contributed by atoms with Crippen molar-refractivity contribution in [3.05, 3.63) is 42.2 Å². The maximum atomic E-state index is 12.9. The molecule has 154 valence electrons. The molecule has 1 saturated heterocycles. The highest BCUT2D eigenvalue weighted by Gasteiger charge is 2.31. The van der Waals surface area contributed by atoms with Crippen LogP contribution < -0.4 is 9.80 Å². The summed E-state index contributed by atoms with van der Waals surface area (Å²) >= 11 is 0. The Morgan fingerprint density at radius 1 is 1.14 bits per heavy atom. The Kier molecular flexibility index (Phi) is 5.06. The second-order valence-electron chi connectivity index (χ2n) is 7.53. The third-order valence-electron chi connectivity index (χ3n) is 5.50. The Hall–Kier alpha value is -2.84. The van der Waals surface area contributed by atoms with Gasteiger partial charge in [0.15, 0.2) is 5.65 Å². The summed E-state index contributed by atoms with van der Waals surface area (Å²) in [5, 5.41) is 0. The number of rotatable bonds is 4. The third kappa shape index (κ3) is 3.99. The minimum Gasteiger partial charge on any atom is -0.359 e. The molecule has 0 unspecified atom stereocenters. The highest BCUT2D eigenvalue weighted by molar-refractivity contribution is 5.74. The number of anilines is 2. The van der Waals surface area contributed by atoms with Crippen molar-refractivity contribution in [3.63, 3.8) is 0 Å². The lowest BCUT2D eigenvalue weighted by Gasteiger charge is -2.34. The van der Waals surface area contributed by atoms with Crippen molar-refractivity contribution >= 4 is 22.9 Å². The molecule has 0 amide bonds. The molecule has 0 atom stereocenters. The van der Waals surface area contributed by atoms with Crippen molar-refractivity contribution in [2.24, 2.45) is 13.0 Å². The van der Waals surface area contributed by atoms with Gasteiger partial charge in [-0.1, -0.05) is 0 Å². The van der Waals surface area contributed by atoms with Crippen LogP contribution in [0.5, 0.6) is 0 Å². The Morgan fingerprint density at radius 2 is 1.90 bits per heavy atom. The van der Waals surface area contributed by atoms with E-state index in [-0.39, 0.29) is 0 Å². The molecule has 3 aromatic rings. The van der Waals surface area contributed by atoms with Crippen LogP contribution in [0.25, 0.3) is 11.2 Å². The van der Waals surface area contributed by atoms with Crippen molar-refractivity contribution in [2.45, 2.75) is 19.0 Å². The molecule has 0 saturated carbocycles. The van der Waals surface area contributed by atoms with Crippen molar-refractivity contribution in [2.75, 3.05) is 36.5 Å². The summed E-state index contributed by atoms with van der Waals surface area (Å²) < 4.78 is 40.8. The van der Waals surface area contributed by atoms with Crippen LogP contribution in [0.2, 0.25) is 0 Å². The lowest BCUT2D eigenvalue weighted by molar-refractivity contribution is -0.137. The number of halogens is 3. The van der Waals surface area contributed by atoms with E-state index in [1.807, 2.05) is 28.6 Å². The van der Waals surface area contributed by atoms with Gasteiger partial charge in [0.25, 0.3) is 0 Å². The second kappa shape index (κ2) is 7.53. The van der Waals surface area contributed by atoms with Crippen LogP contribution >= 0.6 is 0 Å². The van der Waals surface area contributed by atoms with Gasteiger partial charge >= 0.3 is 6.18 Å². The van der Waals surface area contributed by atoms with Gasteiger partial charge < -0.3 is 9.80 Å². The zero-order valence-electron chi connectivity index (χ0n) is 16.4. The van der Waals surface area contributed by atoms with Gasteiger partial charge in [-0.25, -0.2) is 15.0 Å². The van der Waals surface area contributed by atoms with Crippen molar-refractivity contribution in [3.8, 4) is 0 Å². The van der Waals surface area contributed by atoms with Crippen LogP contribution in [0.3, 0.4) is 0 Å². The predicted molar refractivity (Wildman–Crippen MR) is 106 cm³/mol. The minimum atomic E-state index is -4.36. The molecule has 0 spiro atoms. The highest BCUT2D eigenvalue weighted by Crippen LogP contribution is 2.31. The summed E-state index contributed by atoms with van der Waals surface area (Å²) in [7, 11) is 3.77. The summed E-state index contributed by atoms with van der Waals surface area (Å²) in [6.45, 7) is 2.38. The minimum absolute atomic E-state index is 0.351. The van der Waals surface area contributed by atoms with Crippen LogP contribution in [0.1, 0.15) is 18.4 Å². The molecule has 0 aromatic carbocycles. The van der Waals surface area contributed by atoms with E-state index >= 15 is 0 Å². The van der Waals surface area contributed by atoms with Gasteiger partial charge in [0.05, 0.1) is 5.56 Å². The van der Waals surface area contributed by atoms with E-state index < -0.39 is 11.7 Å². The molecule has 9 heteroatoms. The van der Waals surface area contributed by atoms with E-state index in [2.05, 4.69) is 14.9 Å². The summed E-state index contributed by atoms with van der Waals surface area (Å²) in [5.41, 5.74) is 1.07. The zero-order chi connectivity index (χ0) is 20.6. The molecule has 0 radical (unpaired) electrons. The Bertz CT molecular complexity index is 991. The fourth-order valence-corrected chi connectivity index (χ4v) is 3.89. The number of fused-ring (bicyclic) bond motifs is 1. The average molecular weight is 404 g/mol. The van der Waals surface area contributed by atoms with E-state index in [1.54, 1.807) is 13.2 Å². The van der Waals surface area contributed by atoms with Gasteiger partial charge in [0.1, 0.15) is 11.3 Å². The first-order valence-electron chi connectivity index (χ1n) is 9.59. The van der Waals surface area contributed by atoms with E-state index in [9.17, 15) is 13.2 Å². The average Bonchev–Trinajstić information content (AvgIpc) is 3.05. The first-order chi connectivity index (χ1) is 13.8. The van der Waals surface area contributed by atoms with Crippen LogP contribution in [0.15, 0.2) is 36.7 Å². The van der Waals surface area contributed by atoms with Crippen LogP contribution in [0, 0.1) is 5.92 Å². The molecule has 1 fully saturated rings. The lowest BCUT2D eigenvalue weighted by Crippen LogP contribution is -2.39. The van der Waals surface area contributed by atoms with Gasteiger partial charge in [0.2, 0.25) is 5.95 Å². The van der Waals surface area contributed by atoms with Crippen LogP contribution in [-0.4, -0.2) is 46.2 Å². The maximum Gasteiger partial charge on any atom is 0.416 e. The number of aromatic nitrogens is 4. The van der Waals surface area contributed by atoms with E-state index in [0.717, 1.165) is 55.2 Å². The summed E-state index contributed by atoms with van der Waals surface area (Å²) in [5.74, 6) is 1.65. The number of hydrogen-bond acceptors (Lipinski definition) is 5. The molecule has 29 heavy (non-hydrogen) atoms. The predicted octanol–water partition coefficient (Wildman–Crippen LogP) is 3.73. The molecular weight excluding hydrogens is 381 g/mol. The number of imidazole rings is 1. The van der Waals surface area contributed by atoms with Crippen LogP contribution in [0.4, 0.5) is 24.9 Å². The lowest BCUT2D eigenvalue weighted by atomic mass is 9.96. The third-order valence-corrected chi connectivity index (χ3v) is 5.50. The first-order valence-corrected chi connectivity index (χ1v) is 9.59. The largest absolute Gasteiger partial charge is 0.416 e. The number of pyridine rings is 2. The van der Waals surface area contributed by atoms with E-state index in [4.69, 9.17) is 4.98 Å². The van der Waals surface area contributed by atoms with Gasteiger partial charge in [0, 0.05) is 46.1 Å². The number of aryl methyl sites for hydroxylation is 1. The quantitative estimate of drug-likeness (QED) is 0.663. The number of hydrogen-bond donors (Lipinski definition) is 0. The molecule has 4 heterocycles. The van der Waals surface area contributed by atoms with E-state index in [1.165, 1.54) is 6.20 Å². The van der Waals surface area contributed by atoms with Crippen molar-refractivity contribution in [1.29, 1.82) is 0 Å². The molecular formula is C20H23F3N6. The second-order valence-corrected chi connectivity index (χ2v) is 7.53. The highest BCUT2D eigenvalue weighted by atomic mass is 19.4. The number of piperidine rings is 1. The van der Waals surface area contributed by atoms with Gasteiger partial charge in [-0.3, -0.25) is 4.57 Å². The fourth-order valence-electron chi connectivity index (χ4n) is 3.89. The van der Waals surface area contributed by atoms with E-state index in [0.29, 0.717) is 18.3 Å². The SMILES string of the molecule is CN(CC1CCN(c2nc3cccnc3n2C)CC1)c1cc(C(F)(F)F)ccn1. The van der Waals surface area contributed by atoms with Crippen molar-refractivity contribution in [1.82, 2.24) is 19.5 Å². The topological polar surface area (TPSA) is 50.1 Å². The van der Waals surface area contributed by atoms with Gasteiger partial charge in [-0.05, 0) is 43.0 Å². The summed E-state index contributed by atoms with van der Waals surface area (Å²) in [4.78, 5) is 17.3. The summed E-state index contributed by atoms with van der Waals surface area (Å²) in [6.07, 6.45) is 0.513. The first kappa shape index (κ1) is 19.5. The Balaban J connectivity index is 1.39. The fraction of sp³-hybridized carbons (Fsp3) is 0.450. The van der Waals surface area contributed by atoms with Gasteiger partial charge in [-0.2, -0.15) is 13.2 Å². The van der Waals surface area contributed by atoms with Crippen LogP contribution in [-0.2, 0) is 13.2 Å². The smallest absolute Gasteiger partial charge is 0.359 e. The summed E-state index contributed by atoms with van der Waals surface area (Å²) in [6, 6.07) is 5.95. The molecule has 1 aliphatic heterocycles. The molecule has 1 aliphatic rings. The Morgan fingerprint density at radius 3 is 2.59 bits per heavy atom. The standard InChI is InChI=1S/C20H23F3N6/c1-27(17-12-15(5-9-24-17)20(21,22)23)13-14-6-10-29(11-7-14)19-26-16-4-3-8-25-18(16)28(19)2/h3-5,8-9,12,14H,6-7,10-11,13H2,1-2H3. The number of alkyl halides is 3. The normalized spacial score (nSPS) is 15.8. The molecule has 0 N–H and O–H groups in total. The zero-order valence-corrected chi connectivity index (χ0v) is 16.4. The molecule has 4 rings (SSSR count). The number of nitrogens with zero attached hydrogens (tertiary/aromatic N) is 6. The molecule has 6 nitrogen and oxygen atoms in total. The maximum absolute atomic E-state index is 12.9. The van der Waals surface area contributed by atoms with Crippen molar-refractivity contribution < 1.29 is 13.2 Å². The molecule has 0 bridgehead atoms. The Labute approximate surface area is 167 Å².